The van der Waals surface area contributed by atoms with Gasteiger partial charge in [0.2, 0.25) is 5.69 Å². The van der Waals surface area contributed by atoms with Crippen molar-refractivity contribution >= 4 is 11.9 Å². The summed E-state index contributed by atoms with van der Waals surface area (Å²) in [5.41, 5.74) is 4.68. The molecular weight excluding hydrogens is 274 g/mol. The highest BCUT2D eigenvalue weighted by molar-refractivity contribution is 5.83. The van der Waals surface area contributed by atoms with Crippen molar-refractivity contribution in [3.63, 3.8) is 0 Å². The van der Waals surface area contributed by atoms with Crippen molar-refractivity contribution < 1.29 is 14.0 Å². The lowest BCUT2D eigenvalue weighted by Crippen LogP contribution is -2.22. The van der Waals surface area contributed by atoms with E-state index in [1.807, 2.05) is 19.1 Å². The van der Waals surface area contributed by atoms with E-state index in [-0.39, 0.29) is 0 Å². The van der Waals surface area contributed by atoms with Crippen LogP contribution >= 0.6 is 0 Å². The zero-order chi connectivity index (χ0) is 15.7. The number of hydrogen-bond donors (Lipinski definition) is 0. The van der Waals surface area contributed by atoms with Crippen LogP contribution in [-0.2, 0) is 0 Å². The fraction of sp³-hybridized carbons (Fsp3) is 0.316. The van der Waals surface area contributed by atoms with E-state index in [4.69, 9.17) is 9.47 Å². The number of nitrogens with zero attached hydrogens (tertiary/aromatic N) is 1. The van der Waals surface area contributed by atoms with E-state index in [2.05, 4.69) is 48.9 Å². The first-order valence-corrected chi connectivity index (χ1v) is 7.62. The number of aryl methyl sites for hydroxylation is 1. The first kappa shape index (κ1) is 14.6. The second-order valence-electron chi connectivity index (χ2n) is 5.95. The molecule has 3 nitrogen and oxygen atoms in total. The van der Waals surface area contributed by atoms with Gasteiger partial charge >= 0.3 is 0 Å². The zero-order valence-corrected chi connectivity index (χ0v) is 13.6. The summed E-state index contributed by atoms with van der Waals surface area (Å²) in [4.78, 5) is 0. The predicted molar refractivity (Wildman–Crippen MR) is 88.8 cm³/mol. The van der Waals surface area contributed by atoms with Crippen LogP contribution in [0.3, 0.4) is 0 Å². The van der Waals surface area contributed by atoms with Crippen molar-refractivity contribution in [3.8, 4) is 11.5 Å². The topological polar surface area (TPSA) is 21.5 Å². The highest BCUT2D eigenvalue weighted by atomic mass is 16.5. The smallest absolute Gasteiger partial charge is 0.292 e. The molecule has 0 aromatic heterocycles. The van der Waals surface area contributed by atoms with Crippen molar-refractivity contribution in [2.75, 3.05) is 13.8 Å². The molecule has 0 aliphatic carbocycles. The molecule has 0 radical (unpaired) electrons. The molecule has 0 amide bonds. The first-order valence-electron chi connectivity index (χ1n) is 7.62. The fourth-order valence-electron chi connectivity index (χ4n) is 2.89. The van der Waals surface area contributed by atoms with Crippen LogP contribution in [0.15, 0.2) is 36.4 Å². The van der Waals surface area contributed by atoms with Gasteiger partial charge in [-0.3, -0.25) is 0 Å². The number of hydrogen-bond acceptors (Lipinski definition) is 2. The first-order chi connectivity index (χ1) is 10.6. The fourth-order valence-corrected chi connectivity index (χ4v) is 2.89. The van der Waals surface area contributed by atoms with Gasteiger partial charge in [0.15, 0.2) is 6.21 Å². The Hall–Kier alpha value is -2.29. The van der Waals surface area contributed by atoms with Crippen molar-refractivity contribution in [1.29, 1.82) is 0 Å². The van der Waals surface area contributed by atoms with Crippen molar-refractivity contribution in [3.05, 3.63) is 53.1 Å². The molecule has 0 fully saturated rings. The highest BCUT2D eigenvalue weighted by Gasteiger charge is 2.24. The zero-order valence-electron chi connectivity index (χ0n) is 13.6. The van der Waals surface area contributed by atoms with E-state index in [9.17, 15) is 0 Å². The van der Waals surface area contributed by atoms with Crippen LogP contribution in [0, 0.1) is 6.92 Å². The van der Waals surface area contributed by atoms with Crippen LogP contribution in [0.1, 0.15) is 36.5 Å². The van der Waals surface area contributed by atoms with Gasteiger partial charge in [-0.1, -0.05) is 32.0 Å². The molecule has 0 saturated heterocycles. The lowest BCUT2D eigenvalue weighted by molar-refractivity contribution is -0.476. The summed E-state index contributed by atoms with van der Waals surface area (Å²) < 4.78 is 13.5. The summed E-state index contributed by atoms with van der Waals surface area (Å²) in [6.07, 6.45) is 2.15. The molecule has 2 aromatic rings. The summed E-state index contributed by atoms with van der Waals surface area (Å²) in [6, 6.07) is 12.5. The van der Waals surface area contributed by atoms with Crippen LogP contribution in [-0.4, -0.2) is 24.6 Å². The quantitative estimate of drug-likeness (QED) is 0.790. The molecule has 0 N–H and O–H groups in total. The molecule has 1 aliphatic rings. The summed E-state index contributed by atoms with van der Waals surface area (Å²) in [5, 5.41) is 0. The van der Waals surface area contributed by atoms with E-state index in [1.165, 1.54) is 11.3 Å². The standard InChI is InChI=1S/C19H22NO2/c1-13(2)17-7-5-6-8-18(17)20-11-15-10-16(21-4)9-14(3)19(15)22-12-20/h5-11,13H,12H2,1-4H3/q+1. The molecule has 22 heavy (non-hydrogen) atoms. The molecule has 3 heteroatoms. The third kappa shape index (κ3) is 2.59. The van der Waals surface area contributed by atoms with Crippen LogP contribution < -0.4 is 9.47 Å². The van der Waals surface area contributed by atoms with Gasteiger partial charge in [0.1, 0.15) is 11.5 Å². The molecule has 1 heterocycles. The lowest BCUT2D eigenvalue weighted by atomic mass is 10.0. The Kier molecular flexibility index (Phi) is 3.88. The molecule has 1 aliphatic heterocycles. The maximum Gasteiger partial charge on any atom is 0.292 e. The minimum absolute atomic E-state index is 0.470. The van der Waals surface area contributed by atoms with E-state index >= 15 is 0 Å². The molecule has 0 spiro atoms. The average molecular weight is 296 g/mol. The van der Waals surface area contributed by atoms with E-state index in [0.29, 0.717) is 12.6 Å². The van der Waals surface area contributed by atoms with Crippen LogP contribution in [0.25, 0.3) is 0 Å². The van der Waals surface area contributed by atoms with E-state index in [0.717, 1.165) is 22.6 Å². The van der Waals surface area contributed by atoms with Crippen molar-refractivity contribution in [2.24, 2.45) is 0 Å². The largest absolute Gasteiger partial charge is 0.497 e. The van der Waals surface area contributed by atoms with Gasteiger partial charge in [0.05, 0.1) is 12.7 Å². The number of rotatable bonds is 3. The Morgan fingerprint density at radius 1 is 1.18 bits per heavy atom. The summed E-state index contributed by atoms with van der Waals surface area (Å²) in [6.45, 7) is 7.01. The number of fused-ring (bicyclic) bond motifs is 1. The molecular formula is C19H22NO2+. The van der Waals surface area contributed by atoms with Gasteiger partial charge < -0.3 is 9.47 Å². The van der Waals surface area contributed by atoms with Crippen LogP contribution in [0.4, 0.5) is 5.69 Å². The van der Waals surface area contributed by atoms with Crippen LogP contribution in [0.2, 0.25) is 0 Å². The Balaban J connectivity index is 2.10. The van der Waals surface area contributed by atoms with Gasteiger partial charge in [0.25, 0.3) is 6.73 Å². The molecule has 0 bridgehead atoms. The number of para-hydroxylation sites is 1. The van der Waals surface area contributed by atoms with Crippen molar-refractivity contribution in [1.82, 2.24) is 0 Å². The van der Waals surface area contributed by atoms with Crippen LogP contribution in [0.5, 0.6) is 11.5 Å². The third-order valence-corrected chi connectivity index (χ3v) is 4.02. The molecule has 3 rings (SSSR count). The molecule has 0 unspecified atom stereocenters. The van der Waals surface area contributed by atoms with Gasteiger partial charge in [-0.05, 0) is 30.5 Å². The van der Waals surface area contributed by atoms with Gasteiger partial charge in [-0.25, -0.2) is 0 Å². The SMILES string of the molecule is COc1cc(C)c2c(c1)C=[N+](c1ccccc1C(C)C)CO2. The predicted octanol–water partition coefficient (Wildman–Crippen LogP) is 4.24. The number of methoxy groups -OCH3 is 1. The lowest BCUT2D eigenvalue weighted by Gasteiger charge is -2.18. The second kappa shape index (κ2) is 5.84. The van der Waals surface area contributed by atoms with Gasteiger partial charge in [0, 0.05) is 11.6 Å². The summed E-state index contributed by atoms with van der Waals surface area (Å²) in [7, 11) is 1.69. The average Bonchev–Trinajstić information content (AvgIpc) is 2.54. The maximum atomic E-state index is 5.99. The Bertz CT molecular complexity index is 732. The monoisotopic (exact) mass is 296 g/mol. The number of benzene rings is 2. The highest BCUT2D eigenvalue weighted by Crippen LogP contribution is 2.32. The van der Waals surface area contributed by atoms with Gasteiger partial charge in [-0.15, -0.1) is 0 Å². The Morgan fingerprint density at radius 3 is 2.68 bits per heavy atom. The maximum absolute atomic E-state index is 5.99. The summed E-state index contributed by atoms with van der Waals surface area (Å²) in [5.74, 6) is 2.27. The minimum Gasteiger partial charge on any atom is -0.497 e. The van der Waals surface area contributed by atoms with E-state index in [1.54, 1.807) is 7.11 Å². The molecule has 114 valence electrons. The third-order valence-electron chi connectivity index (χ3n) is 4.02. The Morgan fingerprint density at radius 2 is 1.95 bits per heavy atom. The Labute approximate surface area is 131 Å². The van der Waals surface area contributed by atoms with E-state index < -0.39 is 0 Å². The normalized spacial score (nSPS) is 13.4. The summed E-state index contributed by atoms with van der Waals surface area (Å²) >= 11 is 0. The molecule has 0 atom stereocenters. The minimum atomic E-state index is 0.470. The molecule has 2 aromatic carbocycles. The molecule has 0 saturated carbocycles. The number of ether oxygens (including phenoxy) is 2. The van der Waals surface area contributed by atoms with Gasteiger partial charge in [-0.2, -0.15) is 4.58 Å². The van der Waals surface area contributed by atoms with Crippen molar-refractivity contribution in [2.45, 2.75) is 26.7 Å². The second-order valence-corrected chi connectivity index (χ2v) is 5.95.